The first-order valence-electron chi connectivity index (χ1n) is 5.98. The van der Waals surface area contributed by atoms with Gasteiger partial charge in [-0.15, -0.1) is 0 Å². The summed E-state index contributed by atoms with van der Waals surface area (Å²) in [4.78, 5) is 22.3. The molecule has 0 radical (unpaired) electrons. The molecule has 1 aromatic carbocycles. The number of para-hydroxylation sites is 1. The molecule has 1 amide bonds. The third-order valence-corrected chi connectivity index (χ3v) is 4.30. The van der Waals surface area contributed by atoms with E-state index in [0.29, 0.717) is 12.5 Å². The van der Waals surface area contributed by atoms with Crippen molar-refractivity contribution in [2.45, 2.75) is 6.42 Å². The van der Waals surface area contributed by atoms with Gasteiger partial charge in [0.25, 0.3) is 5.91 Å². The lowest BCUT2D eigenvalue weighted by atomic mass is 10.1. The van der Waals surface area contributed by atoms with Crippen molar-refractivity contribution in [3.05, 3.63) is 33.9 Å². The number of nitrogens with zero attached hydrogens (tertiary/aromatic N) is 1. The molecule has 0 aliphatic carbocycles. The number of nitro groups is 1. The van der Waals surface area contributed by atoms with Gasteiger partial charge in [0.05, 0.1) is 4.92 Å². The zero-order valence-electron chi connectivity index (χ0n) is 10.3. The number of nitrogens with two attached hydrogens (primary N) is 1. The Labute approximate surface area is 114 Å². The van der Waals surface area contributed by atoms with Crippen LogP contribution in [0.2, 0.25) is 0 Å². The van der Waals surface area contributed by atoms with E-state index in [1.54, 1.807) is 6.07 Å². The number of carbonyl (C=O) groups excluding carboxylic acids is 1. The van der Waals surface area contributed by atoms with Crippen LogP contribution in [-0.2, 0) is 0 Å². The van der Waals surface area contributed by atoms with Crippen LogP contribution >= 0.6 is 11.8 Å². The van der Waals surface area contributed by atoms with Gasteiger partial charge in [-0.25, -0.2) is 0 Å². The third-order valence-electron chi connectivity index (χ3n) is 3.07. The Morgan fingerprint density at radius 2 is 2.37 bits per heavy atom. The van der Waals surface area contributed by atoms with Crippen LogP contribution in [0.1, 0.15) is 16.8 Å². The molecule has 1 atom stereocenters. The molecule has 6 nitrogen and oxygen atoms in total. The molecule has 2 rings (SSSR count). The quantitative estimate of drug-likeness (QED) is 0.497. The Morgan fingerprint density at radius 3 is 3.00 bits per heavy atom. The Balaban J connectivity index is 2.10. The summed E-state index contributed by atoms with van der Waals surface area (Å²) in [5.41, 5.74) is 5.27. The molecule has 1 aliphatic rings. The summed E-state index contributed by atoms with van der Waals surface area (Å²) in [5.74, 6) is 2.16. The van der Waals surface area contributed by atoms with Crippen molar-refractivity contribution in [3.63, 3.8) is 0 Å². The van der Waals surface area contributed by atoms with Crippen molar-refractivity contribution in [3.8, 4) is 0 Å². The number of rotatable bonds is 4. The minimum Gasteiger partial charge on any atom is -0.393 e. The molecule has 1 unspecified atom stereocenters. The van der Waals surface area contributed by atoms with E-state index in [9.17, 15) is 14.9 Å². The second-order valence-electron chi connectivity index (χ2n) is 4.44. The summed E-state index contributed by atoms with van der Waals surface area (Å²) >= 11 is 1.86. The maximum absolute atomic E-state index is 12.0. The predicted molar refractivity (Wildman–Crippen MR) is 75.3 cm³/mol. The van der Waals surface area contributed by atoms with Crippen LogP contribution in [0, 0.1) is 16.0 Å². The summed E-state index contributed by atoms with van der Waals surface area (Å²) < 4.78 is 0. The molecule has 1 aliphatic heterocycles. The number of nitrogen functional groups attached to an aromatic ring is 1. The van der Waals surface area contributed by atoms with E-state index >= 15 is 0 Å². The Kier molecular flexibility index (Phi) is 4.26. The van der Waals surface area contributed by atoms with Crippen LogP contribution in [-0.4, -0.2) is 28.9 Å². The molecule has 3 N–H and O–H groups in total. The SMILES string of the molecule is Nc1cccc(C(=O)NCC2CCSC2)c1[N+](=O)[O-]. The molecule has 102 valence electrons. The zero-order chi connectivity index (χ0) is 13.8. The number of benzene rings is 1. The Bertz CT molecular complexity index is 501. The van der Waals surface area contributed by atoms with Crippen molar-refractivity contribution in [1.82, 2.24) is 5.32 Å². The van der Waals surface area contributed by atoms with Gasteiger partial charge in [-0.05, 0) is 36.0 Å². The minimum atomic E-state index is -0.615. The lowest BCUT2D eigenvalue weighted by Gasteiger charge is -2.10. The van der Waals surface area contributed by atoms with E-state index in [1.165, 1.54) is 12.1 Å². The summed E-state index contributed by atoms with van der Waals surface area (Å²) in [5, 5.41) is 13.7. The molecule has 1 fully saturated rings. The van der Waals surface area contributed by atoms with Crippen molar-refractivity contribution in [2.24, 2.45) is 5.92 Å². The highest BCUT2D eigenvalue weighted by molar-refractivity contribution is 7.99. The van der Waals surface area contributed by atoms with Gasteiger partial charge in [-0.2, -0.15) is 11.8 Å². The number of thioether (sulfide) groups is 1. The van der Waals surface area contributed by atoms with Crippen LogP contribution in [0.3, 0.4) is 0 Å². The van der Waals surface area contributed by atoms with Gasteiger partial charge in [0.1, 0.15) is 11.3 Å². The van der Waals surface area contributed by atoms with E-state index in [1.807, 2.05) is 11.8 Å². The zero-order valence-corrected chi connectivity index (χ0v) is 11.1. The van der Waals surface area contributed by atoms with E-state index in [2.05, 4.69) is 5.32 Å². The molecule has 0 bridgehead atoms. The number of nitro benzene ring substituents is 1. The lowest BCUT2D eigenvalue weighted by molar-refractivity contribution is -0.384. The van der Waals surface area contributed by atoms with Gasteiger partial charge in [-0.1, -0.05) is 6.07 Å². The van der Waals surface area contributed by atoms with Gasteiger partial charge >= 0.3 is 5.69 Å². The summed E-state index contributed by atoms with van der Waals surface area (Å²) in [6.45, 7) is 0.553. The highest BCUT2D eigenvalue weighted by Gasteiger charge is 2.24. The van der Waals surface area contributed by atoms with Gasteiger partial charge in [0, 0.05) is 6.54 Å². The molecule has 0 saturated carbocycles. The summed E-state index contributed by atoms with van der Waals surface area (Å²) in [6.07, 6.45) is 1.07. The number of nitrogens with one attached hydrogen (secondary N) is 1. The van der Waals surface area contributed by atoms with Crippen LogP contribution in [0.25, 0.3) is 0 Å². The van der Waals surface area contributed by atoms with Gasteiger partial charge in [-0.3, -0.25) is 14.9 Å². The van der Waals surface area contributed by atoms with Gasteiger partial charge < -0.3 is 11.1 Å². The average Bonchev–Trinajstić information content (AvgIpc) is 2.88. The van der Waals surface area contributed by atoms with Crippen molar-refractivity contribution >= 4 is 29.0 Å². The van der Waals surface area contributed by atoms with Crippen LogP contribution in [0.15, 0.2) is 18.2 Å². The minimum absolute atomic E-state index is 0.00840. The smallest absolute Gasteiger partial charge is 0.304 e. The number of hydrogen-bond donors (Lipinski definition) is 2. The molecule has 1 heterocycles. The Hall–Kier alpha value is -1.76. The van der Waals surface area contributed by atoms with Crippen LogP contribution in [0.4, 0.5) is 11.4 Å². The molecular formula is C12H15N3O3S. The Morgan fingerprint density at radius 1 is 1.58 bits per heavy atom. The van der Waals surface area contributed by atoms with Crippen molar-refractivity contribution < 1.29 is 9.72 Å². The fraction of sp³-hybridized carbons (Fsp3) is 0.417. The number of amides is 1. The van der Waals surface area contributed by atoms with Crippen molar-refractivity contribution in [2.75, 3.05) is 23.8 Å². The lowest BCUT2D eigenvalue weighted by Crippen LogP contribution is -2.29. The summed E-state index contributed by atoms with van der Waals surface area (Å²) in [6, 6.07) is 4.39. The first-order chi connectivity index (χ1) is 9.09. The maximum atomic E-state index is 12.0. The fourth-order valence-corrected chi connectivity index (χ4v) is 3.31. The first-order valence-corrected chi connectivity index (χ1v) is 7.14. The molecule has 1 saturated heterocycles. The summed E-state index contributed by atoms with van der Waals surface area (Å²) in [7, 11) is 0. The largest absolute Gasteiger partial charge is 0.393 e. The molecule has 1 aromatic rings. The molecule has 0 aromatic heterocycles. The number of carbonyl (C=O) groups is 1. The van der Waals surface area contributed by atoms with Crippen LogP contribution in [0.5, 0.6) is 0 Å². The highest BCUT2D eigenvalue weighted by Crippen LogP contribution is 2.26. The average molecular weight is 281 g/mol. The second-order valence-corrected chi connectivity index (χ2v) is 5.59. The number of hydrogen-bond acceptors (Lipinski definition) is 5. The van der Waals surface area contributed by atoms with Crippen molar-refractivity contribution in [1.29, 1.82) is 0 Å². The fourth-order valence-electron chi connectivity index (χ4n) is 2.02. The van der Waals surface area contributed by atoms with E-state index in [4.69, 9.17) is 5.73 Å². The molecule has 7 heteroatoms. The third kappa shape index (κ3) is 3.17. The molecule has 19 heavy (non-hydrogen) atoms. The normalized spacial score (nSPS) is 18.2. The first kappa shape index (κ1) is 13.7. The van der Waals surface area contributed by atoms with E-state index in [0.717, 1.165) is 17.9 Å². The number of anilines is 1. The standard InChI is InChI=1S/C12H15N3O3S/c13-10-3-1-2-9(11(10)15(17)18)12(16)14-6-8-4-5-19-7-8/h1-3,8H,4-7,13H2,(H,14,16). The maximum Gasteiger partial charge on any atom is 0.304 e. The van der Waals surface area contributed by atoms with Gasteiger partial charge in [0.15, 0.2) is 0 Å². The second kappa shape index (κ2) is 5.92. The molecule has 0 spiro atoms. The topological polar surface area (TPSA) is 98.3 Å². The van der Waals surface area contributed by atoms with E-state index < -0.39 is 10.8 Å². The predicted octanol–water partition coefficient (Wildman–Crippen LogP) is 1.66. The monoisotopic (exact) mass is 281 g/mol. The highest BCUT2D eigenvalue weighted by atomic mass is 32.2. The molecular weight excluding hydrogens is 266 g/mol. The van der Waals surface area contributed by atoms with Gasteiger partial charge in [0.2, 0.25) is 0 Å². The van der Waals surface area contributed by atoms with Crippen LogP contribution < -0.4 is 11.1 Å². The van der Waals surface area contributed by atoms with E-state index in [-0.39, 0.29) is 16.9 Å².